The Balaban J connectivity index is 2.99. The van der Waals surface area contributed by atoms with Gasteiger partial charge >= 0.3 is 11.9 Å². The molecule has 0 bridgehead atoms. The largest absolute Gasteiger partial charge is 0.418 e. The molecular formula is C11H11F3N4O2. The van der Waals surface area contributed by atoms with Crippen molar-refractivity contribution in [3.8, 4) is 0 Å². The summed E-state index contributed by atoms with van der Waals surface area (Å²) in [5, 5.41) is 11.1. The van der Waals surface area contributed by atoms with Crippen molar-refractivity contribution in [3.63, 3.8) is 0 Å². The highest BCUT2D eigenvalue weighted by molar-refractivity contribution is 5.93. The molecule has 1 aromatic heterocycles. The number of alkyl halides is 3. The zero-order valence-electron chi connectivity index (χ0n) is 10.7. The van der Waals surface area contributed by atoms with Crippen molar-refractivity contribution in [1.29, 1.82) is 0 Å². The molecule has 0 aliphatic heterocycles. The minimum atomic E-state index is -4.77. The minimum absolute atomic E-state index is 0.0144. The van der Waals surface area contributed by atoms with E-state index >= 15 is 0 Å². The number of anilines is 1. The lowest BCUT2D eigenvalue weighted by atomic mass is 10.1. The first-order valence-corrected chi connectivity index (χ1v) is 5.69. The molecule has 0 fully saturated rings. The maximum Gasteiger partial charge on any atom is 0.418 e. The number of aryl methyl sites for hydroxylation is 2. The van der Waals surface area contributed by atoms with Gasteiger partial charge in [0.2, 0.25) is 0 Å². The first kappa shape index (κ1) is 14.1. The average molecular weight is 288 g/mol. The van der Waals surface area contributed by atoms with Crippen LogP contribution in [0.4, 0.5) is 24.5 Å². The molecule has 0 unspecified atom stereocenters. The Labute approximate surface area is 111 Å². The van der Waals surface area contributed by atoms with Crippen LogP contribution < -0.4 is 5.73 Å². The monoisotopic (exact) mass is 288 g/mol. The van der Waals surface area contributed by atoms with Crippen LogP contribution in [0.15, 0.2) is 6.07 Å². The number of hydrogen-bond acceptors (Lipinski definition) is 4. The number of aromatic nitrogens is 2. The molecule has 0 amide bonds. The van der Waals surface area contributed by atoms with E-state index in [9.17, 15) is 23.3 Å². The molecule has 0 aliphatic rings. The molecule has 0 radical (unpaired) electrons. The molecule has 0 saturated carbocycles. The van der Waals surface area contributed by atoms with Crippen LogP contribution in [0, 0.1) is 17.0 Å². The number of nitro benzene ring substituents is 1. The van der Waals surface area contributed by atoms with Gasteiger partial charge < -0.3 is 10.3 Å². The van der Waals surface area contributed by atoms with Gasteiger partial charge in [-0.3, -0.25) is 10.1 Å². The lowest BCUT2D eigenvalue weighted by molar-refractivity contribution is -0.382. The molecule has 0 atom stereocenters. The van der Waals surface area contributed by atoms with Crippen molar-refractivity contribution < 1.29 is 18.1 Å². The van der Waals surface area contributed by atoms with Gasteiger partial charge in [0, 0.05) is 6.54 Å². The van der Waals surface area contributed by atoms with Crippen LogP contribution >= 0.6 is 0 Å². The molecule has 2 N–H and O–H groups in total. The van der Waals surface area contributed by atoms with E-state index in [-0.39, 0.29) is 11.0 Å². The summed E-state index contributed by atoms with van der Waals surface area (Å²) in [6.45, 7) is 3.62. The number of fused-ring (bicyclic) bond motifs is 1. The second-order valence-electron chi connectivity index (χ2n) is 4.21. The molecule has 108 valence electrons. The van der Waals surface area contributed by atoms with Crippen molar-refractivity contribution in [2.45, 2.75) is 26.6 Å². The fourth-order valence-corrected chi connectivity index (χ4v) is 2.21. The molecule has 0 aliphatic carbocycles. The van der Waals surface area contributed by atoms with Gasteiger partial charge in [0.1, 0.15) is 17.0 Å². The molecule has 9 heteroatoms. The highest BCUT2D eigenvalue weighted by Gasteiger charge is 2.38. The zero-order chi connectivity index (χ0) is 15.2. The molecule has 0 saturated heterocycles. The quantitative estimate of drug-likeness (QED) is 0.523. The first-order valence-electron chi connectivity index (χ1n) is 5.69. The molecule has 6 nitrogen and oxygen atoms in total. The maximum absolute atomic E-state index is 12.9. The standard InChI is InChI=1S/C11H11F3N4O2/c1-3-17-5(2)16-7-4-6(11(12,13)14)8(15)10(9(7)17)18(19)20/h4H,3,15H2,1-2H3. The third kappa shape index (κ3) is 1.95. The van der Waals surface area contributed by atoms with Gasteiger partial charge in [-0.15, -0.1) is 0 Å². The van der Waals surface area contributed by atoms with Crippen LogP contribution in [0.25, 0.3) is 11.0 Å². The normalized spacial score (nSPS) is 12.1. The summed E-state index contributed by atoms with van der Waals surface area (Å²) in [7, 11) is 0. The number of hydrogen-bond donors (Lipinski definition) is 1. The van der Waals surface area contributed by atoms with E-state index in [2.05, 4.69) is 4.98 Å². The van der Waals surface area contributed by atoms with E-state index in [1.165, 1.54) is 4.57 Å². The third-order valence-electron chi connectivity index (χ3n) is 3.04. The van der Waals surface area contributed by atoms with Crippen molar-refractivity contribution in [3.05, 3.63) is 27.6 Å². The summed E-state index contributed by atoms with van der Waals surface area (Å²) in [5.41, 5.74) is 2.42. The smallest absolute Gasteiger partial charge is 0.393 e. The molecular weight excluding hydrogens is 277 g/mol. The Kier molecular flexibility index (Phi) is 3.07. The number of benzene rings is 1. The molecule has 1 heterocycles. The summed E-state index contributed by atoms with van der Waals surface area (Å²) < 4.78 is 40.1. The van der Waals surface area contributed by atoms with Crippen molar-refractivity contribution in [2.75, 3.05) is 5.73 Å². The van der Waals surface area contributed by atoms with E-state index in [4.69, 9.17) is 5.73 Å². The van der Waals surface area contributed by atoms with Gasteiger partial charge in [0.05, 0.1) is 16.0 Å². The molecule has 2 rings (SSSR count). The Bertz CT molecular complexity index is 706. The molecule has 2 aromatic rings. The van der Waals surface area contributed by atoms with Crippen LogP contribution in [0.5, 0.6) is 0 Å². The van der Waals surface area contributed by atoms with Gasteiger partial charge in [-0.25, -0.2) is 4.98 Å². The second-order valence-corrected chi connectivity index (χ2v) is 4.21. The second kappa shape index (κ2) is 4.36. The van der Waals surface area contributed by atoms with Gasteiger partial charge in [0.15, 0.2) is 0 Å². The van der Waals surface area contributed by atoms with E-state index in [0.29, 0.717) is 12.4 Å². The van der Waals surface area contributed by atoms with E-state index < -0.39 is 28.0 Å². The summed E-state index contributed by atoms with van der Waals surface area (Å²) in [5.74, 6) is 0.393. The maximum atomic E-state index is 12.9. The van der Waals surface area contributed by atoms with Crippen LogP contribution in [-0.4, -0.2) is 14.5 Å². The Morgan fingerprint density at radius 1 is 1.50 bits per heavy atom. The van der Waals surface area contributed by atoms with Crippen molar-refractivity contribution >= 4 is 22.4 Å². The lowest BCUT2D eigenvalue weighted by Crippen LogP contribution is -2.12. The van der Waals surface area contributed by atoms with Crippen LogP contribution in [0.1, 0.15) is 18.3 Å². The highest BCUT2D eigenvalue weighted by atomic mass is 19.4. The number of halogens is 3. The topological polar surface area (TPSA) is 87.0 Å². The number of nitrogen functional groups attached to an aromatic ring is 1. The first-order chi connectivity index (χ1) is 9.18. The molecule has 20 heavy (non-hydrogen) atoms. The highest BCUT2D eigenvalue weighted by Crippen LogP contribution is 2.42. The number of imidazole rings is 1. The summed E-state index contributed by atoms with van der Waals surface area (Å²) in [4.78, 5) is 14.2. The van der Waals surface area contributed by atoms with Gasteiger partial charge in [0.25, 0.3) is 0 Å². The Hall–Kier alpha value is -2.32. The predicted octanol–water partition coefficient (Wildman–Crippen LogP) is 2.87. The van der Waals surface area contributed by atoms with Gasteiger partial charge in [-0.05, 0) is 19.9 Å². The SMILES string of the molecule is CCn1c(C)nc2cc(C(F)(F)F)c(N)c([N+](=O)[O-])c21. The summed E-state index contributed by atoms with van der Waals surface area (Å²) in [6.07, 6.45) is -4.77. The summed E-state index contributed by atoms with van der Waals surface area (Å²) >= 11 is 0. The molecule has 0 spiro atoms. The predicted molar refractivity (Wildman–Crippen MR) is 66.2 cm³/mol. The van der Waals surface area contributed by atoms with E-state index in [1.54, 1.807) is 13.8 Å². The van der Waals surface area contributed by atoms with Crippen LogP contribution in [0.2, 0.25) is 0 Å². The number of rotatable bonds is 2. The number of nitro groups is 1. The fourth-order valence-electron chi connectivity index (χ4n) is 2.21. The van der Waals surface area contributed by atoms with Crippen molar-refractivity contribution in [2.24, 2.45) is 0 Å². The van der Waals surface area contributed by atoms with E-state index in [0.717, 1.165) is 6.07 Å². The van der Waals surface area contributed by atoms with Crippen LogP contribution in [-0.2, 0) is 12.7 Å². The van der Waals surface area contributed by atoms with E-state index in [1.807, 2.05) is 0 Å². The minimum Gasteiger partial charge on any atom is -0.393 e. The van der Waals surface area contributed by atoms with Gasteiger partial charge in [-0.1, -0.05) is 0 Å². The third-order valence-corrected chi connectivity index (χ3v) is 3.04. The number of nitrogens with zero attached hydrogens (tertiary/aromatic N) is 3. The lowest BCUT2D eigenvalue weighted by Gasteiger charge is -2.11. The zero-order valence-corrected chi connectivity index (χ0v) is 10.7. The Morgan fingerprint density at radius 3 is 2.55 bits per heavy atom. The van der Waals surface area contributed by atoms with Crippen LogP contribution in [0.3, 0.4) is 0 Å². The molecule has 1 aromatic carbocycles. The van der Waals surface area contributed by atoms with Gasteiger partial charge in [-0.2, -0.15) is 13.2 Å². The summed E-state index contributed by atoms with van der Waals surface area (Å²) in [6, 6.07) is 0.747. The average Bonchev–Trinajstić information content (AvgIpc) is 2.61. The fraction of sp³-hybridized carbons (Fsp3) is 0.364. The number of nitrogens with two attached hydrogens (primary N) is 1. The van der Waals surface area contributed by atoms with Crippen molar-refractivity contribution in [1.82, 2.24) is 9.55 Å². The Morgan fingerprint density at radius 2 is 2.10 bits per heavy atom.